The van der Waals surface area contributed by atoms with Gasteiger partial charge in [-0.1, -0.05) is 34.6 Å². The molecule has 10 heterocycles. The molecular formula is C87H147N3O60. The second-order valence-corrected chi connectivity index (χ2v) is 39.2. The molecule has 20 unspecified atom stereocenters. The quantitative estimate of drug-likeness (QED) is 0.0252. The summed E-state index contributed by atoms with van der Waals surface area (Å²) in [4.78, 5) is 74.9. The van der Waals surface area contributed by atoms with Crippen molar-refractivity contribution in [3.8, 4) is 0 Å². The molecule has 150 heavy (non-hydrogen) atoms. The van der Waals surface area contributed by atoms with Crippen LogP contribution in [-0.4, -0.2) is 602 Å². The average molecular weight is 2200 g/mol. The van der Waals surface area contributed by atoms with E-state index in [2.05, 4.69) is 16.0 Å². The Bertz CT molecular complexity index is 4170. The standard InChI is InChI=1S/C87H147N3O60/c1-25(76(124)125)9-47(106)90-75-26(2)52(108)68(41(17-96)136-75)144-79-29(5)54(110)70(43(19-98)140-79)146-82-67(123)73(147-83-74(64(120)58(114)40(16-95)138-83)148-78-27(3)51(107)33(38(14-93)137-78)20-131-80-65(121)62(118)59(115)45(141-80)22-133-86(84(126)127)10-34(102)49(88-31(7)100)71(149-86)56(112)36(104)12-91)61(117)44(142-82)21-130-48(135-39(15-94)55(111)30(6)99)24-132-77-28(4)53(109)69(42(18-97)139-77)145-81-66(122)63(119)60(116)46(143-81)23-134-87(85(128)129)11-35(103)50(89-32(8)101)72(150-87)57(113)37(105)13-92/h25-30,33-46,48-75,77-83,91-99,102-105,107-123H,9-24H2,1-8H3,(H,88,100)(H,89,101)(H,90,106)(H,124,125)(H,126,127)(H,128,129)/t25?,26-,27-,28?,29-,30+,33+,34+,35+,36+,37+,38?,39?,40+,41?,42-,43?,44?,45?,46?,48-,49+,50+,51?,52?,53?,54?,55-,56+,57+,58+,59-,60-,61+,62-,63?,64?,65?,66-,67+,68+,69+,70+,71?,72?,73?,74?,75+,77+,78-,79-,80+,81-,82-,83+,86+,87+/m0/s1. The van der Waals surface area contributed by atoms with Gasteiger partial charge >= 0.3 is 17.9 Å². The molecule has 0 aliphatic carbocycles. The zero-order valence-corrected chi connectivity index (χ0v) is 82.3. The number of rotatable bonds is 49. The van der Waals surface area contributed by atoms with Gasteiger partial charge in [-0.3, -0.25) is 19.2 Å². The molecule has 10 fully saturated rings. The van der Waals surface area contributed by atoms with E-state index in [4.69, 9.17) is 99.5 Å². The van der Waals surface area contributed by atoms with Gasteiger partial charge in [0, 0.05) is 62.7 Å². The molecular weight excluding hydrogens is 2050 g/mol. The molecule has 0 radical (unpaired) electrons. The van der Waals surface area contributed by atoms with Crippen molar-refractivity contribution in [2.24, 2.45) is 35.5 Å². The number of amides is 3. The summed E-state index contributed by atoms with van der Waals surface area (Å²) in [5.41, 5.74) is 0. The van der Waals surface area contributed by atoms with Gasteiger partial charge in [-0.2, -0.15) is 0 Å². The molecule has 0 bridgehead atoms. The first-order chi connectivity index (χ1) is 70.6. The molecule has 36 N–H and O–H groups in total. The highest BCUT2D eigenvalue weighted by molar-refractivity contribution is 5.82. The van der Waals surface area contributed by atoms with Crippen molar-refractivity contribution in [3.63, 3.8) is 0 Å². The number of carboxylic acid groups (broad SMARTS) is 3. The van der Waals surface area contributed by atoms with Gasteiger partial charge in [0.2, 0.25) is 17.7 Å². The maximum atomic E-state index is 13.0. The number of nitrogens with one attached hydrogen (secondary N) is 3. The van der Waals surface area contributed by atoms with Crippen LogP contribution in [0.4, 0.5) is 0 Å². The van der Waals surface area contributed by atoms with Crippen LogP contribution >= 0.6 is 0 Å². The van der Waals surface area contributed by atoms with Crippen LogP contribution in [0.15, 0.2) is 0 Å². The van der Waals surface area contributed by atoms with Crippen LogP contribution in [0.2, 0.25) is 0 Å². The summed E-state index contributed by atoms with van der Waals surface area (Å²) in [6.45, 7) is -4.63. The summed E-state index contributed by atoms with van der Waals surface area (Å²) in [5, 5.41) is 373. The fourth-order valence-electron chi connectivity index (χ4n) is 19.1. The van der Waals surface area contributed by atoms with Crippen molar-refractivity contribution in [1.82, 2.24) is 16.0 Å². The largest absolute Gasteiger partial charge is 0.481 e. The van der Waals surface area contributed by atoms with E-state index < -0.39 is 488 Å². The molecule has 57 atom stereocenters. The Morgan fingerprint density at radius 2 is 0.767 bits per heavy atom. The van der Waals surface area contributed by atoms with E-state index in [1.165, 1.54) is 34.6 Å². The number of aliphatic hydroxyl groups is 30. The van der Waals surface area contributed by atoms with Crippen LogP contribution in [0.5, 0.6) is 0 Å². The first kappa shape index (κ1) is 127. The van der Waals surface area contributed by atoms with Crippen molar-refractivity contribution in [1.29, 1.82) is 0 Å². The SMILES string of the molecule is CC(=O)N[C@H]1C([C@H](O)[C@H](O)CO)O[C@@](OCC2O[C@@H](O[C@H]3C(O)C(C)[C@H](OC[C@@H](OCC4O[C@@H](O[C@@H]5C(CO)O[C@@H](O[C@@H]6C(CO)O[C@@H](NC(=O)CC(C)C(=O)O)[C@@H](C)C6O)[C@@H](C)C5O)[C@H](O)C(O[C@H]5O[C@H](CO)[C@@H](O)C(O)C5O[C@@H]5OC(CO)[C@@H](CO[C@@H]6OC(CO[C@]7(C(=O)O)C[C@@H](O)[C@@H](NC(C)=O)C([C@H](O)[C@H](O)CO)O7)[C@H](O)[C@H](O)C6O)C(O)[C@@H]5C)[C@@H]4O)OC(CO)[C@@H](O)[C@@H](C)O)O[C@H]3CO)[C@@H](O)C(O)[C@H]2O)(C(=O)O)C[C@H]1O. The summed E-state index contributed by atoms with van der Waals surface area (Å²) in [6.07, 6.45) is -97.5. The third-order valence-electron chi connectivity index (χ3n) is 28.4. The predicted octanol–water partition coefficient (Wildman–Crippen LogP) is -20.1. The fourth-order valence-corrected chi connectivity index (χ4v) is 19.1. The number of carbonyl (C=O) groups is 6. The minimum absolute atomic E-state index is 0.521. The summed E-state index contributed by atoms with van der Waals surface area (Å²) < 4.78 is 126. The van der Waals surface area contributed by atoms with E-state index in [9.17, 15) is 197 Å². The molecule has 63 heteroatoms. The molecule has 870 valence electrons. The highest BCUT2D eigenvalue weighted by atomic mass is 16.8. The van der Waals surface area contributed by atoms with Crippen LogP contribution in [0, 0.1) is 35.5 Å². The maximum absolute atomic E-state index is 13.0. The molecule has 10 aliphatic heterocycles. The summed E-state index contributed by atoms with van der Waals surface area (Å²) >= 11 is 0. The lowest BCUT2D eigenvalue weighted by atomic mass is 9.85. The first-order valence-electron chi connectivity index (χ1n) is 48.6. The van der Waals surface area contributed by atoms with Gasteiger partial charge in [-0.25, -0.2) is 9.59 Å². The average Bonchev–Trinajstić information content (AvgIpc) is 0.759. The number of hydrogen-bond donors (Lipinski definition) is 36. The lowest BCUT2D eigenvalue weighted by molar-refractivity contribution is -0.396. The predicted molar refractivity (Wildman–Crippen MR) is 471 cm³/mol. The lowest BCUT2D eigenvalue weighted by Gasteiger charge is -2.50. The van der Waals surface area contributed by atoms with E-state index in [0.29, 0.717) is 0 Å². The van der Waals surface area contributed by atoms with Crippen LogP contribution in [-0.2, 0) is 128 Å². The van der Waals surface area contributed by atoms with Gasteiger partial charge in [-0.05, 0) is 6.92 Å². The summed E-state index contributed by atoms with van der Waals surface area (Å²) in [6, 6.07) is -3.29. The molecule has 0 saturated carbocycles. The molecule has 0 aromatic heterocycles. The molecule has 0 spiro atoms. The van der Waals surface area contributed by atoms with Crippen LogP contribution in [0.3, 0.4) is 0 Å². The molecule has 10 rings (SSSR count). The number of carbonyl (C=O) groups excluding carboxylic acids is 3. The Balaban J connectivity index is 0.896. The zero-order valence-electron chi connectivity index (χ0n) is 82.3. The highest BCUT2D eigenvalue weighted by Gasteiger charge is 2.64. The molecule has 0 aromatic rings. The fraction of sp³-hybridized carbons (Fsp3) is 0.931. The molecule has 0 aromatic carbocycles. The third-order valence-corrected chi connectivity index (χ3v) is 28.4. The summed E-state index contributed by atoms with van der Waals surface area (Å²) in [5.74, 6) is -21.8. The number of aliphatic hydroxyl groups excluding tert-OH is 30. The van der Waals surface area contributed by atoms with Crippen molar-refractivity contribution in [2.45, 2.75) is 387 Å². The Hall–Kier alpha value is -5.22. The van der Waals surface area contributed by atoms with Gasteiger partial charge in [0.05, 0.1) is 146 Å². The smallest absolute Gasteiger partial charge is 0.364 e. The molecule has 10 saturated heterocycles. The lowest BCUT2D eigenvalue weighted by Crippen LogP contribution is -2.68. The number of hydrogen-bond acceptors (Lipinski definition) is 57. The van der Waals surface area contributed by atoms with E-state index in [0.717, 1.165) is 20.8 Å². The van der Waals surface area contributed by atoms with Crippen molar-refractivity contribution >= 4 is 35.6 Å². The minimum Gasteiger partial charge on any atom is -0.481 e. The van der Waals surface area contributed by atoms with E-state index >= 15 is 0 Å². The number of ether oxygens (including phenoxy) is 21. The minimum atomic E-state index is -3.05. The molecule has 63 nitrogen and oxygen atoms in total. The second-order valence-electron chi connectivity index (χ2n) is 39.2. The Morgan fingerprint density at radius 1 is 0.373 bits per heavy atom. The Kier molecular flexibility index (Phi) is 46.8. The van der Waals surface area contributed by atoms with Gasteiger partial charge in [0.25, 0.3) is 11.6 Å². The third kappa shape index (κ3) is 29.2. The number of aliphatic carboxylic acids is 3. The van der Waals surface area contributed by atoms with Gasteiger partial charge in [0.15, 0.2) is 50.3 Å². The molecule has 10 aliphatic rings. The monoisotopic (exact) mass is 2190 g/mol. The van der Waals surface area contributed by atoms with Gasteiger partial charge in [0.1, 0.15) is 196 Å². The van der Waals surface area contributed by atoms with Crippen molar-refractivity contribution < 1.29 is 297 Å². The Morgan fingerprint density at radius 3 is 1.22 bits per heavy atom. The first-order valence-corrected chi connectivity index (χ1v) is 48.6. The number of carboxylic acids is 3. The normalized spacial score (nSPS) is 44.6. The van der Waals surface area contributed by atoms with Crippen LogP contribution in [0.1, 0.15) is 74.7 Å². The van der Waals surface area contributed by atoms with Crippen LogP contribution in [0.25, 0.3) is 0 Å². The van der Waals surface area contributed by atoms with Gasteiger partial charge in [-0.15, -0.1) is 0 Å². The summed E-state index contributed by atoms with van der Waals surface area (Å²) in [7, 11) is 0. The molecule has 3 amide bonds. The highest BCUT2D eigenvalue weighted by Crippen LogP contribution is 2.44. The zero-order chi connectivity index (χ0) is 112. The van der Waals surface area contributed by atoms with Crippen molar-refractivity contribution in [2.75, 3.05) is 85.9 Å². The second kappa shape index (κ2) is 55.5. The van der Waals surface area contributed by atoms with Crippen LogP contribution < -0.4 is 16.0 Å². The van der Waals surface area contributed by atoms with E-state index in [1.54, 1.807) is 0 Å². The Labute approximate surface area is 853 Å². The van der Waals surface area contributed by atoms with E-state index in [1.807, 2.05) is 0 Å². The van der Waals surface area contributed by atoms with Gasteiger partial charge < -0.3 is 284 Å². The van der Waals surface area contributed by atoms with Crippen molar-refractivity contribution in [3.05, 3.63) is 0 Å². The maximum Gasteiger partial charge on any atom is 0.364 e. The van der Waals surface area contributed by atoms with E-state index in [-0.39, 0.29) is 0 Å². The topological polar surface area (TPSA) is 1000 Å².